The van der Waals surface area contributed by atoms with Gasteiger partial charge in [-0.15, -0.1) is 0 Å². The molecule has 0 aromatic heterocycles. The van der Waals surface area contributed by atoms with Gasteiger partial charge in [0.2, 0.25) is 29.5 Å². The van der Waals surface area contributed by atoms with Gasteiger partial charge in [-0.25, -0.2) is 0 Å². The van der Waals surface area contributed by atoms with Gasteiger partial charge in [-0.05, 0) is 281 Å². The lowest BCUT2D eigenvalue weighted by molar-refractivity contribution is -0.127. The Balaban J connectivity index is -0.000000285. The van der Waals surface area contributed by atoms with Crippen LogP contribution in [0, 0.1) is 5.41 Å². The van der Waals surface area contributed by atoms with Crippen LogP contribution in [0.2, 0.25) is 0 Å². The summed E-state index contributed by atoms with van der Waals surface area (Å²) in [6, 6.07) is 0. The van der Waals surface area contributed by atoms with E-state index in [9.17, 15) is 28.8 Å². The molecule has 35 heteroatoms. The Morgan fingerprint density at radius 3 is 0.644 bits per heavy atom. The fraction of sp³-hybridized carbons (Fsp3) is 0.940. The van der Waals surface area contributed by atoms with Gasteiger partial charge in [0.15, 0.2) is 0 Å². The molecule has 0 fully saturated rings. The Kier molecular flexibility index (Phi) is 88.0. The topological polar surface area (TPSA) is 423 Å². The number of rotatable bonds is 64. The maximum absolute atomic E-state index is 11.6. The summed E-state index contributed by atoms with van der Waals surface area (Å²) in [6.45, 7) is 104. The Bertz CT molecular complexity index is 2670. The van der Waals surface area contributed by atoms with Crippen molar-refractivity contribution in [1.82, 2.24) is 101 Å². The van der Waals surface area contributed by atoms with Gasteiger partial charge in [-0.3, -0.25) is 39.4 Å². The van der Waals surface area contributed by atoms with E-state index < -0.39 is 0 Å². The minimum atomic E-state index is -0.197. The summed E-state index contributed by atoms with van der Waals surface area (Å²) in [7, 11) is 1.77. The minimum absolute atomic E-state index is 0.0130. The summed E-state index contributed by atoms with van der Waals surface area (Å²) in [5, 5.41) is 59.3. The average Bonchev–Trinajstić information content (AvgIpc) is 0.979. The van der Waals surface area contributed by atoms with Crippen molar-refractivity contribution in [2.45, 2.75) is 362 Å². The Morgan fingerprint density at radius 1 is 0.200 bits per heavy atom. The van der Waals surface area contributed by atoms with Gasteiger partial charge < -0.3 is 138 Å². The quantitative estimate of drug-likeness (QED) is 0.0201. The SMILES string of the molecule is CC(C)(C)CCCOCCCC(=O)CNC(C)(C)C.CC(C)(C)NCCOCC(=O)NCCOCC(=O)NCNC(C)(C)C.CC(C)(C)NCCOCCNC(=O)COCCNC(C)(C)C.CC(C)(C)NCCOCCNC(=O)COCCNC(C)(C)C.CC(C)(C)NCCOCCNC(C)(C)C.CC(C)(C)NCCOCCNCNC(C)(C)C.CNCNC(=O)COCCNC(C)(C)C. The van der Waals surface area contributed by atoms with Crippen molar-refractivity contribution in [3.8, 4) is 0 Å². The highest BCUT2D eigenvalue weighted by molar-refractivity contribution is 5.80. The van der Waals surface area contributed by atoms with Crippen LogP contribution in [-0.2, 0) is 76.1 Å². The van der Waals surface area contributed by atoms with Crippen LogP contribution < -0.4 is 101 Å². The molecule has 0 aromatic carbocycles. The summed E-state index contributed by atoms with van der Waals surface area (Å²) in [4.78, 5) is 68.7. The third-order valence-electron chi connectivity index (χ3n) is 16.3. The summed E-state index contributed by atoms with van der Waals surface area (Å²) in [5.41, 5.74) is 1.57. The summed E-state index contributed by atoms with van der Waals surface area (Å²) >= 11 is 0. The van der Waals surface area contributed by atoms with Gasteiger partial charge >= 0.3 is 0 Å². The first-order valence-electron chi connectivity index (χ1n) is 49.6. The molecule has 0 aliphatic rings. The second-order valence-corrected chi connectivity index (χ2v) is 46.8. The summed E-state index contributed by atoms with van der Waals surface area (Å²) in [5.74, 6) is -0.427. The molecule has 0 aliphatic heterocycles. The number of amides is 5. The van der Waals surface area contributed by atoms with Crippen molar-refractivity contribution < 1.29 is 76.1 Å². The summed E-state index contributed by atoms with van der Waals surface area (Å²) < 4.78 is 53.7. The van der Waals surface area contributed by atoms with Crippen LogP contribution in [0.15, 0.2) is 0 Å². The van der Waals surface area contributed by atoms with Gasteiger partial charge in [-0.2, -0.15) is 0 Å². The fourth-order valence-electron chi connectivity index (χ4n) is 9.54. The highest BCUT2D eigenvalue weighted by Gasteiger charge is 2.19. The third-order valence-corrected chi connectivity index (χ3v) is 16.3. The molecule has 0 bridgehead atoms. The Hall–Kier alpha value is -3.94. The van der Waals surface area contributed by atoms with Crippen LogP contribution in [0.4, 0.5) is 0 Å². The second kappa shape index (κ2) is 82.5. The largest absolute Gasteiger partial charge is 0.381 e. The van der Waals surface area contributed by atoms with Crippen LogP contribution in [0.3, 0.4) is 0 Å². The van der Waals surface area contributed by atoms with E-state index in [1.54, 1.807) is 7.05 Å². The molecular weight excluding hydrogens is 1720 g/mol. The van der Waals surface area contributed by atoms with Crippen molar-refractivity contribution >= 4 is 35.3 Å². The molecule has 0 aliphatic carbocycles. The number of hydrogen-bond donors (Lipinski definition) is 19. The highest BCUT2D eigenvalue weighted by Crippen LogP contribution is 2.20. The maximum Gasteiger partial charge on any atom is 0.246 e. The van der Waals surface area contributed by atoms with Crippen molar-refractivity contribution in [3.05, 3.63) is 0 Å². The van der Waals surface area contributed by atoms with Crippen LogP contribution >= 0.6 is 0 Å². The molecule has 0 aromatic rings. The molecule has 35 nitrogen and oxygen atoms in total. The lowest BCUT2D eigenvalue weighted by Crippen LogP contribution is -2.44. The molecule has 0 heterocycles. The molecule has 19 N–H and O–H groups in total. The Labute approximate surface area is 826 Å². The molecule has 5 amide bonds. The molecule has 0 saturated carbocycles. The zero-order valence-electron chi connectivity index (χ0n) is 94.5. The van der Waals surface area contributed by atoms with Crippen LogP contribution in [0.5, 0.6) is 0 Å². The van der Waals surface area contributed by atoms with Crippen LogP contribution in [0.25, 0.3) is 0 Å². The number of carbonyl (C=O) groups is 6. The standard InChI is InChI=1S/C17H36N4O4.2C16H35N3O3.C16H33NO2.C13H31N3O.C12H28N2O.C10H23N3O2/c1-16(2,3)20-8-10-25-11-14(22)18-7-9-24-12-15(23)19-13-21-17(4,5)6;2*1-15(2,3)18-8-11-21-10-7-17-14(20)13-22-12-9-19-16(4,5)6;1-15(2,3)10-8-12-19-11-7-9-14(18)13-17-16(4,5)6;1-12(2,3)15-8-10-17-9-7-14-11-16-13(4,5)6;1-11(2,3)13-7-9-15-10-8-14-12(4,5)6;1-10(2,3)13-5-6-15-7-9(14)12-8-11-4/h20-21H,7-13H2,1-6H3,(H,18,22)(H,19,23);2*18-19H,7-13H2,1-6H3,(H,17,20);17H,7-13H2,1-6H3;14-16H,7-11H2,1-6H3;13-14H,7-10H2,1-6H3;11,13H,5-8H2,1-4H3,(H,12,14). The average molecular weight is 1950 g/mol. The van der Waals surface area contributed by atoms with Crippen molar-refractivity contribution in [1.29, 1.82) is 0 Å². The third kappa shape index (κ3) is 158. The van der Waals surface area contributed by atoms with Crippen LogP contribution in [-0.4, -0.2) is 353 Å². The zero-order valence-corrected chi connectivity index (χ0v) is 94.5. The molecule has 135 heavy (non-hydrogen) atoms. The van der Waals surface area contributed by atoms with E-state index in [1.165, 1.54) is 6.42 Å². The molecule has 0 saturated heterocycles. The van der Waals surface area contributed by atoms with Crippen molar-refractivity contribution in [2.75, 3.05) is 251 Å². The van der Waals surface area contributed by atoms with E-state index in [-0.39, 0.29) is 141 Å². The number of nitrogens with one attached hydrogen (secondary N) is 19. The van der Waals surface area contributed by atoms with E-state index in [0.29, 0.717) is 117 Å². The van der Waals surface area contributed by atoms with Crippen molar-refractivity contribution in [3.63, 3.8) is 0 Å². The predicted octanol–water partition coefficient (Wildman–Crippen LogP) is 8.17. The number of carbonyl (C=O) groups excluding carboxylic acids is 6. The van der Waals surface area contributed by atoms with Gasteiger partial charge in [0.25, 0.3) is 0 Å². The first-order chi connectivity index (χ1) is 61.7. The molecule has 0 radical (unpaired) electrons. The lowest BCUT2D eigenvalue weighted by Gasteiger charge is -2.21. The van der Waals surface area contributed by atoms with Gasteiger partial charge in [0, 0.05) is 178 Å². The van der Waals surface area contributed by atoms with E-state index in [1.807, 2.05) is 20.8 Å². The second-order valence-electron chi connectivity index (χ2n) is 46.8. The molecule has 812 valence electrons. The molecular formula is C100H221N19O16. The number of Topliss-reactive ketones (excluding diaryl/α,β-unsaturated/α-hetero) is 1. The van der Waals surface area contributed by atoms with Crippen LogP contribution in [0.1, 0.15) is 296 Å². The molecule has 0 spiro atoms. The predicted molar refractivity (Wildman–Crippen MR) is 561 cm³/mol. The number of ketones is 1. The first kappa shape index (κ1) is 144. The van der Waals surface area contributed by atoms with E-state index in [2.05, 4.69) is 350 Å². The minimum Gasteiger partial charge on any atom is -0.381 e. The summed E-state index contributed by atoms with van der Waals surface area (Å²) in [6.07, 6.45) is 3.73. The van der Waals surface area contributed by atoms with E-state index in [4.69, 9.17) is 47.4 Å². The molecule has 0 atom stereocenters. The molecule has 0 rings (SSSR count). The Morgan fingerprint density at radius 2 is 0.400 bits per heavy atom. The smallest absolute Gasteiger partial charge is 0.246 e. The number of ether oxygens (including phenoxy) is 10. The maximum atomic E-state index is 11.6. The monoisotopic (exact) mass is 1940 g/mol. The van der Waals surface area contributed by atoms with E-state index in [0.717, 1.165) is 111 Å². The highest BCUT2D eigenvalue weighted by atomic mass is 16.5. The lowest BCUT2D eigenvalue weighted by atomic mass is 9.91. The van der Waals surface area contributed by atoms with Gasteiger partial charge in [-0.1, -0.05) is 20.8 Å². The normalized spacial score (nSPS) is 12.5. The zero-order chi connectivity index (χ0) is 105. The van der Waals surface area contributed by atoms with Gasteiger partial charge in [0.1, 0.15) is 38.8 Å². The fourth-order valence-corrected chi connectivity index (χ4v) is 9.54. The first-order valence-corrected chi connectivity index (χ1v) is 49.6. The van der Waals surface area contributed by atoms with Crippen molar-refractivity contribution in [2.24, 2.45) is 5.41 Å². The number of hydrogen-bond acceptors (Lipinski definition) is 30. The van der Waals surface area contributed by atoms with Gasteiger partial charge in [0.05, 0.1) is 106 Å². The van der Waals surface area contributed by atoms with E-state index >= 15 is 0 Å². The molecule has 0 unspecified atom stereocenters.